The van der Waals surface area contributed by atoms with Crippen molar-refractivity contribution >= 4 is 22.9 Å². The van der Waals surface area contributed by atoms with Gasteiger partial charge in [-0.2, -0.15) is 0 Å². The van der Waals surface area contributed by atoms with Crippen molar-refractivity contribution < 1.29 is 4.79 Å². The van der Waals surface area contributed by atoms with E-state index in [0.29, 0.717) is 6.54 Å². The van der Waals surface area contributed by atoms with E-state index in [1.165, 1.54) is 0 Å². The minimum absolute atomic E-state index is 0.113. The van der Waals surface area contributed by atoms with Crippen molar-refractivity contribution in [3.8, 4) is 23.6 Å². The maximum atomic E-state index is 11.6. The molecule has 0 spiro atoms. The largest absolute Gasteiger partial charge is 0.325 e. The van der Waals surface area contributed by atoms with Gasteiger partial charge < -0.3 is 5.32 Å². The average Bonchev–Trinajstić information content (AvgIpc) is 2.86. The van der Waals surface area contributed by atoms with Gasteiger partial charge in [-0.25, -0.2) is 4.98 Å². The summed E-state index contributed by atoms with van der Waals surface area (Å²) in [5.74, 6) is 2.30. The predicted molar refractivity (Wildman–Crippen MR) is 82.6 cm³/mol. The number of rotatable bonds is 5. The summed E-state index contributed by atoms with van der Waals surface area (Å²) in [4.78, 5) is 16.0. The van der Waals surface area contributed by atoms with Gasteiger partial charge in [0.05, 0.1) is 23.8 Å². The molecule has 0 fully saturated rings. The van der Waals surface area contributed by atoms with E-state index in [4.69, 9.17) is 6.42 Å². The molecule has 0 aliphatic rings. The molecule has 0 unspecified atom stereocenters. The Hall–Kier alpha value is -2.16. The first-order valence-electron chi connectivity index (χ1n) is 6.15. The van der Waals surface area contributed by atoms with Crippen LogP contribution in [0.3, 0.4) is 0 Å². The van der Waals surface area contributed by atoms with Crippen molar-refractivity contribution in [3.63, 3.8) is 0 Å². The second kappa shape index (κ2) is 6.85. The number of carbonyl (C=O) groups excluding carboxylic acids is 1. The Morgan fingerprint density at radius 1 is 1.40 bits per heavy atom. The van der Waals surface area contributed by atoms with Crippen molar-refractivity contribution in [2.45, 2.75) is 6.92 Å². The summed E-state index contributed by atoms with van der Waals surface area (Å²) < 4.78 is 0. The number of aromatic nitrogens is 1. The number of aryl methyl sites for hydroxylation is 1. The Balaban J connectivity index is 1.95. The molecule has 0 bridgehead atoms. The third kappa shape index (κ3) is 3.92. The van der Waals surface area contributed by atoms with Crippen molar-refractivity contribution in [1.29, 1.82) is 0 Å². The number of amides is 1. The zero-order valence-electron chi connectivity index (χ0n) is 11.1. The smallest absolute Gasteiger partial charge is 0.238 e. The van der Waals surface area contributed by atoms with Crippen LogP contribution >= 0.6 is 11.3 Å². The molecule has 0 saturated carbocycles. The Labute approximate surface area is 122 Å². The van der Waals surface area contributed by atoms with Gasteiger partial charge in [-0.15, -0.1) is 17.8 Å². The number of nitrogens with zero attached hydrogens (tertiary/aromatic N) is 1. The summed E-state index contributed by atoms with van der Waals surface area (Å²) in [7, 11) is 0. The zero-order chi connectivity index (χ0) is 14.4. The van der Waals surface area contributed by atoms with Crippen LogP contribution in [0.25, 0.3) is 11.3 Å². The van der Waals surface area contributed by atoms with E-state index in [0.717, 1.165) is 22.0 Å². The minimum Gasteiger partial charge on any atom is -0.325 e. The number of terminal acetylenes is 1. The Morgan fingerprint density at radius 3 is 2.75 bits per heavy atom. The van der Waals surface area contributed by atoms with Crippen LogP contribution in [0.1, 0.15) is 5.01 Å². The summed E-state index contributed by atoms with van der Waals surface area (Å²) in [6, 6.07) is 7.62. The third-order valence-electron chi connectivity index (χ3n) is 2.60. The average molecular weight is 285 g/mol. The maximum absolute atomic E-state index is 11.6. The summed E-state index contributed by atoms with van der Waals surface area (Å²) in [5.41, 5.74) is 2.76. The highest BCUT2D eigenvalue weighted by Crippen LogP contribution is 2.22. The lowest BCUT2D eigenvalue weighted by atomic mass is 10.1. The number of anilines is 1. The lowest BCUT2D eigenvalue weighted by molar-refractivity contribution is -0.115. The number of thiazole rings is 1. The molecule has 1 aromatic carbocycles. The molecular weight excluding hydrogens is 270 g/mol. The number of hydrogen-bond donors (Lipinski definition) is 2. The van der Waals surface area contributed by atoms with E-state index in [9.17, 15) is 4.79 Å². The van der Waals surface area contributed by atoms with E-state index in [1.54, 1.807) is 11.3 Å². The molecule has 0 atom stereocenters. The van der Waals surface area contributed by atoms with Gasteiger partial charge in [0.2, 0.25) is 5.91 Å². The predicted octanol–water partition coefficient (Wildman–Crippen LogP) is 2.28. The molecule has 4 nitrogen and oxygen atoms in total. The SMILES string of the molecule is C#CCNCC(=O)Nc1ccc(-c2csc(C)n2)cc1. The van der Waals surface area contributed by atoms with Crippen LogP contribution in [0, 0.1) is 19.3 Å². The second-order valence-corrected chi connectivity index (χ2v) is 5.25. The molecule has 2 N–H and O–H groups in total. The van der Waals surface area contributed by atoms with Crippen LogP contribution in [0.4, 0.5) is 5.69 Å². The molecule has 0 radical (unpaired) electrons. The van der Waals surface area contributed by atoms with E-state index in [-0.39, 0.29) is 12.5 Å². The molecular formula is C15H15N3OS. The molecule has 2 rings (SSSR count). The number of hydrogen-bond acceptors (Lipinski definition) is 4. The molecule has 1 amide bonds. The second-order valence-electron chi connectivity index (χ2n) is 4.18. The fourth-order valence-electron chi connectivity index (χ4n) is 1.67. The van der Waals surface area contributed by atoms with Gasteiger partial charge in [-0.3, -0.25) is 10.1 Å². The van der Waals surface area contributed by atoms with E-state index < -0.39 is 0 Å². The zero-order valence-corrected chi connectivity index (χ0v) is 12.0. The molecule has 0 aliphatic heterocycles. The Bertz CT molecular complexity index is 625. The molecule has 5 heteroatoms. The monoisotopic (exact) mass is 285 g/mol. The lowest BCUT2D eigenvalue weighted by Gasteiger charge is -2.06. The molecule has 1 aromatic heterocycles. The summed E-state index contributed by atoms with van der Waals surface area (Å²) in [6.07, 6.45) is 5.09. The van der Waals surface area contributed by atoms with Crippen molar-refractivity contribution in [2.75, 3.05) is 18.4 Å². The van der Waals surface area contributed by atoms with Crippen LogP contribution in [0.2, 0.25) is 0 Å². The van der Waals surface area contributed by atoms with Gasteiger partial charge in [0, 0.05) is 16.6 Å². The molecule has 0 saturated heterocycles. The van der Waals surface area contributed by atoms with Gasteiger partial charge in [0.15, 0.2) is 0 Å². The van der Waals surface area contributed by atoms with Gasteiger partial charge in [0.1, 0.15) is 0 Å². The van der Waals surface area contributed by atoms with Crippen LogP contribution in [-0.2, 0) is 4.79 Å². The highest BCUT2D eigenvalue weighted by atomic mass is 32.1. The maximum Gasteiger partial charge on any atom is 0.238 e. The van der Waals surface area contributed by atoms with Gasteiger partial charge >= 0.3 is 0 Å². The lowest BCUT2D eigenvalue weighted by Crippen LogP contribution is -2.28. The quantitative estimate of drug-likeness (QED) is 0.654. The molecule has 1 heterocycles. The van der Waals surface area contributed by atoms with Crippen LogP contribution in [0.5, 0.6) is 0 Å². The first-order chi connectivity index (χ1) is 9.69. The number of benzene rings is 1. The third-order valence-corrected chi connectivity index (χ3v) is 3.37. The molecule has 2 aromatic rings. The minimum atomic E-state index is -0.113. The standard InChI is InChI=1S/C15H15N3OS/c1-3-8-16-9-15(19)18-13-6-4-12(5-7-13)14-10-20-11(2)17-14/h1,4-7,10,16H,8-9H2,2H3,(H,18,19). The fraction of sp³-hybridized carbons (Fsp3) is 0.200. The van der Waals surface area contributed by atoms with E-state index >= 15 is 0 Å². The van der Waals surface area contributed by atoms with E-state index in [1.807, 2.05) is 36.6 Å². The van der Waals surface area contributed by atoms with Crippen molar-refractivity contribution in [3.05, 3.63) is 34.7 Å². The van der Waals surface area contributed by atoms with E-state index in [2.05, 4.69) is 21.5 Å². The first-order valence-corrected chi connectivity index (χ1v) is 7.03. The highest BCUT2D eigenvalue weighted by molar-refractivity contribution is 7.09. The Morgan fingerprint density at radius 2 is 2.15 bits per heavy atom. The summed E-state index contributed by atoms with van der Waals surface area (Å²) in [6.45, 7) is 2.57. The summed E-state index contributed by atoms with van der Waals surface area (Å²) >= 11 is 1.62. The molecule has 102 valence electrons. The van der Waals surface area contributed by atoms with Crippen LogP contribution < -0.4 is 10.6 Å². The first kappa shape index (κ1) is 14.3. The molecule has 20 heavy (non-hydrogen) atoms. The number of carbonyl (C=O) groups is 1. The Kier molecular flexibility index (Phi) is 4.88. The normalized spacial score (nSPS) is 10.0. The van der Waals surface area contributed by atoms with Crippen molar-refractivity contribution in [1.82, 2.24) is 10.3 Å². The summed E-state index contributed by atoms with van der Waals surface area (Å²) in [5, 5.41) is 8.69. The van der Waals surface area contributed by atoms with Gasteiger partial charge in [-0.1, -0.05) is 18.1 Å². The fourth-order valence-corrected chi connectivity index (χ4v) is 2.30. The van der Waals surface area contributed by atoms with Crippen LogP contribution in [0.15, 0.2) is 29.6 Å². The molecule has 0 aliphatic carbocycles. The topological polar surface area (TPSA) is 54.0 Å². The van der Waals surface area contributed by atoms with Crippen molar-refractivity contribution in [2.24, 2.45) is 0 Å². The van der Waals surface area contributed by atoms with Gasteiger partial charge in [0.25, 0.3) is 0 Å². The van der Waals surface area contributed by atoms with Gasteiger partial charge in [-0.05, 0) is 19.1 Å². The highest BCUT2D eigenvalue weighted by Gasteiger charge is 2.04. The number of nitrogens with one attached hydrogen (secondary N) is 2. The van der Waals surface area contributed by atoms with Crippen LogP contribution in [-0.4, -0.2) is 24.0 Å².